The predicted octanol–water partition coefficient (Wildman–Crippen LogP) is 17.4. The standard InChI is InChI=1S/C7H13NO.2C7H12O.2C6H11NO.3C6H13N.3C6H10O2.2C6H12O.C5H10N2O.C5H9NOS.C5H11NS/c1-3-6-4-5-7(9)8(6)2;1-2-6-3-4-7(8)5-6;1-2-6-4-3-5-7(6)8;1-2-7-5-3-4-6(7)8;1-2-5-3-4-7-6(5)8;1-2-6-3-4-7-5-6;1-2-7-5-3-4-6-7;1-2-6-4-3-5-7-6;1-2-5-3-6(7)8-4-5;1-2-5-3-4-8-6(5)7;1-2-5-3-4-6(7)8-5;1-2-6-3-4-7-5-6;1-2-6-4-3-5-7-6;1-2-4-3-6-5(8)7-4;1-2-4-3-6-5(7)8-4;1-2-5-3-6-4-7-5/h6H,3-5H2,1-2H3;2*6H,2-5H2,1H3;2-5H2,1H3;5H,2-4H2,1H3,(H,7,8);6-7H,2-5H2,1H3;2-6H2,1H3;6-7H,2-5H2,1H3;3*5H,2-4H2,1H3;2*6H,2-5H2,1H3;4H,2-3H2,1H3,(H2,6,7,8);4H,2-3H2,1H3,(H,6,7);5-6H,2-4H2,1H3. The molecule has 25 nitrogen and oxygen atoms in total. The molecular weight excluding hydrogens is 1600 g/mol. The first kappa shape index (κ1) is 116. The quantitative estimate of drug-likeness (QED) is 0.0558. The van der Waals surface area contributed by atoms with Gasteiger partial charge in [0.25, 0.3) is 5.24 Å². The van der Waals surface area contributed by atoms with E-state index in [1.807, 2.05) is 49.4 Å². The van der Waals surface area contributed by atoms with E-state index in [9.17, 15) is 47.9 Å². The van der Waals surface area contributed by atoms with Gasteiger partial charge in [-0.1, -0.05) is 135 Å². The first-order valence-corrected chi connectivity index (χ1v) is 51.3. The monoisotopic (exact) mass is 1780 g/mol. The number of urea groups is 1. The van der Waals surface area contributed by atoms with Crippen LogP contribution >= 0.6 is 23.5 Å². The lowest BCUT2D eigenvalue weighted by atomic mass is 10.1. The molecule has 14 unspecified atom stereocenters. The number of thioether (sulfide) groups is 2. The van der Waals surface area contributed by atoms with Crippen LogP contribution in [0.5, 0.6) is 0 Å². The predicted molar refractivity (Wildman–Crippen MR) is 505 cm³/mol. The minimum Gasteiger partial charge on any atom is -0.465 e. The Bertz CT molecular complexity index is 2370. The maximum Gasteiger partial charge on any atom is 0.315 e. The Balaban J connectivity index is 0.000000656. The summed E-state index contributed by atoms with van der Waals surface area (Å²) < 4.78 is 24.8. The van der Waals surface area contributed by atoms with E-state index >= 15 is 0 Å². The van der Waals surface area contributed by atoms with Gasteiger partial charge in [-0.25, -0.2) is 4.79 Å². The van der Waals surface area contributed by atoms with Crippen LogP contribution in [0.15, 0.2) is 0 Å². The summed E-state index contributed by atoms with van der Waals surface area (Å²) in [6.45, 7) is 51.7. The average molecular weight is 1780 g/mol. The smallest absolute Gasteiger partial charge is 0.315 e. The van der Waals surface area contributed by atoms with Crippen molar-refractivity contribution < 1.29 is 71.6 Å². The lowest BCUT2D eigenvalue weighted by Gasteiger charge is -2.16. The fraction of sp³-hybridized carbons (Fsp3) is 0.896. The minimum absolute atomic E-state index is 0.00694. The number of carbonyl (C=O) groups excluding carboxylic acids is 10. The molecule has 0 aromatic rings. The number of ether oxygens (including phenoxy) is 5. The van der Waals surface area contributed by atoms with Crippen molar-refractivity contribution in [3.8, 4) is 0 Å². The van der Waals surface area contributed by atoms with Crippen molar-refractivity contribution in [1.82, 2.24) is 51.9 Å². The molecule has 6 amide bonds. The normalized spacial score (nSPS) is 28.3. The maximum atomic E-state index is 10.9. The third-order valence-corrected chi connectivity index (χ3v) is 28.1. The van der Waals surface area contributed by atoms with Crippen LogP contribution in [0.4, 0.5) is 9.59 Å². The highest BCUT2D eigenvalue weighted by Gasteiger charge is 2.29. The van der Waals surface area contributed by atoms with Gasteiger partial charge < -0.3 is 75.6 Å². The van der Waals surface area contributed by atoms with Crippen LogP contribution in [0.3, 0.4) is 0 Å². The van der Waals surface area contributed by atoms with Gasteiger partial charge in [0, 0.05) is 157 Å². The van der Waals surface area contributed by atoms with Crippen molar-refractivity contribution in [2.24, 2.45) is 41.4 Å². The molecule has 2 aliphatic carbocycles. The summed E-state index contributed by atoms with van der Waals surface area (Å²) in [6, 6.07) is 1.71. The topological polar surface area (TPSA) is 311 Å². The molecule has 16 aliphatic rings. The van der Waals surface area contributed by atoms with E-state index in [4.69, 9.17) is 23.7 Å². The van der Waals surface area contributed by atoms with E-state index < -0.39 is 0 Å². The number of ketones is 2. The highest BCUT2D eigenvalue weighted by molar-refractivity contribution is 8.14. The summed E-state index contributed by atoms with van der Waals surface area (Å²) in [5.74, 6) is 6.97. The average Bonchev–Trinajstić information content (AvgIpc) is 1.75. The molecule has 14 heterocycles. The highest BCUT2D eigenvalue weighted by atomic mass is 32.2. The minimum atomic E-state index is -0.0307. The number of likely N-dealkylation sites (tertiary alicyclic amines) is 3. The van der Waals surface area contributed by atoms with E-state index in [-0.39, 0.29) is 47.1 Å². The lowest BCUT2D eigenvalue weighted by Crippen LogP contribution is -2.27. The summed E-state index contributed by atoms with van der Waals surface area (Å²) in [7, 11) is 1.89. The van der Waals surface area contributed by atoms with Gasteiger partial charge in [-0.05, 0) is 237 Å². The number of amides is 6. The van der Waals surface area contributed by atoms with Crippen molar-refractivity contribution in [1.29, 1.82) is 0 Å². The van der Waals surface area contributed by atoms with Crippen LogP contribution in [-0.2, 0) is 62.0 Å². The summed E-state index contributed by atoms with van der Waals surface area (Å²) in [5, 5.41) is 22.5. The highest BCUT2D eigenvalue weighted by Crippen LogP contribution is 2.27. The van der Waals surface area contributed by atoms with Crippen LogP contribution in [0.2, 0.25) is 0 Å². The number of Topliss-reactive ketones (excluding diaryl/α,β-unsaturated/α-hetero) is 2. The molecule has 2 saturated carbocycles. The number of nitrogens with one attached hydrogen (secondary N) is 7. The molecule has 14 aliphatic heterocycles. The summed E-state index contributed by atoms with van der Waals surface area (Å²) in [5.41, 5.74) is 0. The Hall–Kier alpha value is -4.64. The van der Waals surface area contributed by atoms with E-state index in [0.717, 1.165) is 216 Å². The molecule has 718 valence electrons. The molecule has 14 saturated heterocycles. The van der Waals surface area contributed by atoms with Crippen molar-refractivity contribution in [3.05, 3.63) is 0 Å². The van der Waals surface area contributed by atoms with Crippen molar-refractivity contribution in [3.63, 3.8) is 0 Å². The van der Waals surface area contributed by atoms with Crippen molar-refractivity contribution >= 4 is 82.0 Å². The van der Waals surface area contributed by atoms with Gasteiger partial charge in [-0.2, -0.15) is 0 Å². The molecule has 123 heavy (non-hydrogen) atoms. The SMILES string of the molecule is CCC1CCC(=O)C1.CCC1CCC(=O)N1C.CCC1CCC(=O)O1.CCC1CCCC1=O.CCC1CCCN1.CCC1CCCO1.CCC1CCNC1.CCC1CCNC1=O.CCC1CCOC1.CCC1CCOC1=O.CCC1CNC(=O)N1.CCC1CNC(=O)S1.CCC1CNCS1.CCC1COC(=O)C1.CCN1CCCC1.CCN1CCCC1=O. The summed E-state index contributed by atoms with van der Waals surface area (Å²) in [6.07, 6.45) is 41.3. The van der Waals surface area contributed by atoms with Gasteiger partial charge >= 0.3 is 23.9 Å². The molecule has 0 spiro atoms. The van der Waals surface area contributed by atoms with Crippen molar-refractivity contribution in [2.75, 3.05) is 124 Å². The van der Waals surface area contributed by atoms with Crippen LogP contribution < -0.4 is 37.2 Å². The fourth-order valence-corrected chi connectivity index (χ4v) is 17.6. The van der Waals surface area contributed by atoms with E-state index in [1.165, 1.54) is 153 Å². The molecule has 0 aromatic carbocycles. The second-order valence-corrected chi connectivity index (χ2v) is 37.1. The molecule has 16 rings (SSSR count). The van der Waals surface area contributed by atoms with Crippen LogP contribution in [0, 0.1) is 41.4 Å². The summed E-state index contributed by atoms with van der Waals surface area (Å²) in [4.78, 5) is 112. The van der Waals surface area contributed by atoms with E-state index in [2.05, 4.69) is 132 Å². The van der Waals surface area contributed by atoms with Gasteiger partial charge in [0.2, 0.25) is 17.7 Å². The second-order valence-electron chi connectivity index (χ2n) is 34.5. The van der Waals surface area contributed by atoms with Gasteiger partial charge in [0.1, 0.15) is 17.7 Å². The summed E-state index contributed by atoms with van der Waals surface area (Å²) >= 11 is 3.45. The number of rotatable bonds is 16. The number of nitrogens with zero attached hydrogens (tertiary/aromatic N) is 3. The maximum absolute atomic E-state index is 10.9. The van der Waals surface area contributed by atoms with Gasteiger partial charge in [-0.3, -0.25) is 43.2 Å². The van der Waals surface area contributed by atoms with Gasteiger partial charge in [0.15, 0.2) is 0 Å². The number of cyclic esters (lactones) is 3. The zero-order valence-electron chi connectivity index (χ0n) is 80.8. The van der Waals surface area contributed by atoms with Crippen LogP contribution in [0.1, 0.15) is 348 Å². The Morgan fingerprint density at radius 3 is 1.38 bits per heavy atom. The van der Waals surface area contributed by atoms with E-state index in [1.54, 1.807) is 0 Å². The zero-order chi connectivity index (χ0) is 91.4. The lowest BCUT2D eigenvalue weighted by molar-refractivity contribution is -0.142. The third-order valence-electron chi connectivity index (χ3n) is 25.5. The largest absolute Gasteiger partial charge is 0.465 e. The first-order valence-electron chi connectivity index (χ1n) is 49.4. The molecule has 27 heteroatoms. The number of hydrogen-bond donors (Lipinski definition) is 7. The molecule has 7 N–H and O–H groups in total. The van der Waals surface area contributed by atoms with Crippen molar-refractivity contribution in [2.45, 2.75) is 389 Å². The van der Waals surface area contributed by atoms with Crippen LogP contribution in [-0.4, -0.2) is 238 Å². The Morgan fingerprint density at radius 1 is 0.423 bits per heavy atom. The Kier molecular flexibility index (Phi) is 71.1. The second kappa shape index (κ2) is 75.2. The molecular formula is C96H182N10O15S2. The molecule has 0 radical (unpaired) electrons. The number of hydrogen-bond acceptors (Lipinski definition) is 21. The Labute approximate surface area is 756 Å². The molecule has 0 aromatic heterocycles. The molecule has 0 bridgehead atoms. The third kappa shape index (κ3) is 55.8. The fourth-order valence-electron chi connectivity index (χ4n) is 15.8. The Morgan fingerprint density at radius 2 is 1.12 bits per heavy atom. The van der Waals surface area contributed by atoms with Crippen LogP contribution in [0.25, 0.3) is 0 Å². The van der Waals surface area contributed by atoms with Gasteiger partial charge in [-0.15, -0.1) is 11.8 Å². The number of esters is 3. The van der Waals surface area contributed by atoms with Gasteiger partial charge in [0.05, 0.1) is 31.7 Å². The molecule has 14 atom stereocenters. The number of carbonyl (C=O) groups is 10. The molecule has 16 fully saturated rings. The zero-order valence-corrected chi connectivity index (χ0v) is 82.4. The van der Waals surface area contributed by atoms with E-state index in [0.29, 0.717) is 90.6 Å². The first-order chi connectivity index (χ1) is 59.3.